The second-order valence-electron chi connectivity index (χ2n) is 9.36. The van der Waals surface area contributed by atoms with Crippen LogP contribution in [0.15, 0.2) is 16.9 Å². The van der Waals surface area contributed by atoms with Crippen LogP contribution >= 0.6 is 0 Å². The lowest BCUT2D eigenvalue weighted by Crippen LogP contribution is -2.46. The highest BCUT2D eigenvalue weighted by atomic mass is 16.7. The van der Waals surface area contributed by atoms with Gasteiger partial charge in [-0.05, 0) is 64.2 Å². The number of terminal acetylenes is 1. The smallest absolute Gasteiger partial charge is 0.253 e. The van der Waals surface area contributed by atoms with Gasteiger partial charge in [0.05, 0.1) is 5.56 Å². The topological polar surface area (TPSA) is 106 Å². The number of aromatic nitrogens is 1. The van der Waals surface area contributed by atoms with Gasteiger partial charge in [0.15, 0.2) is 11.5 Å². The molecule has 0 spiro atoms. The van der Waals surface area contributed by atoms with Gasteiger partial charge in [0, 0.05) is 47.8 Å². The molecule has 1 fully saturated rings. The Labute approximate surface area is 194 Å². The number of benzene rings is 1. The number of pyridine rings is 1. The van der Waals surface area contributed by atoms with Crippen molar-refractivity contribution in [1.29, 1.82) is 0 Å². The number of carbonyl (C=O) groups is 1. The third kappa shape index (κ3) is 4.23. The minimum absolute atomic E-state index is 0.111. The first-order chi connectivity index (χ1) is 15.6. The third-order valence-electron chi connectivity index (χ3n) is 6.93. The van der Waals surface area contributed by atoms with Crippen LogP contribution in [0, 0.1) is 39.0 Å². The van der Waals surface area contributed by atoms with Crippen molar-refractivity contribution in [2.24, 2.45) is 11.7 Å². The van der Waals surface area contributed by atoms with Crippen LogP contribution < -0.4 is 26.1 Å². The molecule has 174 valence electrons. The molecule has 2 aromatic rings. The molecule has 1 aromatic heterocycles. The van der Waals surface area contributed by atoms with Crippen LogP contribution in [0.25, 0.3) is 0 Å². The molecule has 1 saturated carbocycles. The summed E-state index contributed by atoms with van der Waals surface area (Å²) in [6.45, 7) is 7.54. The van der Waals surface area contributed by atoms with Crippen molar-refractivity contribution in [2.75, 3.05) is 0 Å². The van der Waals surface area contributed by atoms with Gasteiger partial charge in [0.25, 0.3) is 17.3 Å². The van der Waals surface area contributed by atoms with E-state index in [2.05, 4.69) is 16.2 Å². The Hall–Kier alpha value is -3.24. The number of amides is 1. The van der Waals surface area contributed by atoms with Crippen LogP contribution in [-0.2, 0) is 6.54 Å². The number of ether oxygens (including phenoxy) is 2. The normalized spacial score (nSPS) is 23.8. The molecule has 4 rings (SSSR count). The fraction of sp³-hybridized carbons (Fsp3) is 0.462. The number of aromatic amines is 1. The van der Waals surface area contributed by atoms with Crippen molar-refractivity contribution in [3.8, 4) is 23.8 Å². The van der Waals surface area contributed by atoms with E-state index in [4.69, 9.17) is 21.6 Å². The predicted octanol–water partition coefficient (Wildman–Crippen LogP) is 3.22. The van der Waals surface area contributed by atoms with Gasteiger partial charge in [-0.3, -0.25) is 9.59 Å². The SMILES string of the molecule is C#Cc1cc(C(=O)NCc2c(C)cc(C)[nH]c2=O)c(C)c2c1OC(C)(C1CCC(N)CC1)O2. The Morgan fingerprint density at radius 2 is 1.88 bits per heavy atom. The number of nitrogens with two attached hydrogens (primary N) is 1. The summed E-state index contributed by atoms with van der Waals surface area (Å²) >= 11 is 0. The van der Waals surface area contributed by atoms with Gasteiger partial charge < -0.3 is 25.5 Å². The molecule has 1 amide bonds. The molecule has 1 atom stereocenters. The second-order valence-corrected chi connectivity index (χ2v) is 9.36. The molecule has 0 bridgehead atoms. The maximum absolute atomic E-state index is 13.1. The van der Waals surface area contributed by atoms with Crippen LogP contribution in [0.3, 0.4) is 0 Å². The van der Waals surface area contributed by atoms with Crippen LogP contribution in [0.2, 0.25) is 0 Å². The summed E-state index contributed by atoms with van der Waals surface area (Å²) < 4.78 is 12.6. The lowest BCUT2D eigenvalue weighted by Gasteiger charge is -2.36. The van der Waals surface area contributed by atoms with Crippen LogP contribution in [0.1, 0.15) is 70.9 Å². The van der Waals surface area contributed by atoms with E-state index in [0.29, 0.717) is 33.8 Å². The molecule has 2 heterocycles. The Morgan fingerprint density at radius 1 is 1.21 bits per heavy atom. The maximum Gasteiger partial charge on any atom is 0.253 e. The predicted molar refractivity (Wildman–Crippen MR) is 126 cm³/mol. The quantitative estimate of drug-likeness (QED) is 0.622. The Balaban J connectivity index is 1.59. The van der Waals surface area contributed by atoms with Gasteiger partial charge >= 0.3 is 0 Å². The van der Waals surface area contributed by atoms with E-state index in [0.717, 1.165) is 36.9 Å². The van der Waals surface area contributed by atoms with Crippen molar-refractivity contribution in [3.63, 3.8) is 0 Å². The number of fused-ring (bicyclic) bond motifs is 1. The van der Waals surface area contributed by atoms with Gasteiger partial charge in [-0.15, -0.1) is 6.42 Å². The first-order valence-corrected chi connectivity index (χ1v) is 11.4. The molecular weight excluding hydrogens is 418 g/mol. The Kier molecular flexibility index (Phi) is 5.98. The molecule has 4 N–H and O–H groups in total. The first-order valence-electron chi connectivity index (χ1n) is 11.4. The molecule has 2 aliphatic rings. The van der Waals surface area contributed by atoms with Gasteiger partial charge in [-0.25, -0.2) is 0 Å². The van der Waals surface area contributed by atoms with E-state index in [1.54, 1.807) is 6.07 Å². The zero-order valence-electron chi connectivity index (χ0n) is 19.6. The molecule has 1 aliphatic carbocycles. The molecule has 1 aliphatic heterocycles. The van der Waals surface area contributed by atoms with Gasteiger partial charge in [-0.2, -0.15) is 0 Å². The van der Waals surface area contributed by atoms with E-state index in [1.807, 2.05) is 33.8 Å². The fourth-order valence-electron chi connectivity index (χ4n) is 4.90. The Morgan fingerprint density at radius 3 is 2.52 bits per heavy atom. The van der Waals surface area contributed by atoms with Gasteiger partial charge in [0.1, 0.15) is 0 Å². The van der Waals surface area contributed by atoms with Crippen molar-refractivity contribution in [2.45, 2.75) is 71.8 Å². The zero-order valence-corrected chi connectivity index (χ0v) is 19.6. The second kappa shape index (κ2) is 8.60. The number of H-pyrrole nitrogens is 1. The minimum atomic E-state index is -0.847. The van der Waals surface area contributed by atoms with E-state index in [-0.39, 0.29) is 30.0 Å². The van der Waals surface area contributed by atoms with E-state index in [1.165, 1.54) is 0 Å². The van der Waals surface area contributed by atoms with Crippen molar-refractivity contribution >= 4 is 5.91 Å². The van der Waals surface area contributed by atoms with Crippen LogP contribution in [0.4, 0.5) is 0 Å². The van der Waals surface area contributed by atoms with Gasteiger partial charge in [0.2, 0.25) is 0 Å². The minimum Gasteiger partial charge on any atom is -0.448 e. The lowest BCUT2D eigenvalue weighted by molar-refractivity contribution is -0.120. The summed E-state index contributed by atoms with van der Waals surface area (Å²) in [6, 6.07) is 3.75. The summed E-state index contributed by atoms with van der Waals surface area (Å²) in [6.07, 6.45) is 9.44. The average Bonchev–Trinajstić information content (AvgIpc) is 3.13. The Bertz CT molecular complexity index is 1200. The fourth-order valence-corrected chi connectivity index (χ4v) is 4.90. The molecule has 0 radical (unpaired) electrons. The summed E-state index contributed by atoms with van der Waals surface area (Å²) in [5.41, 5.74) is 9.52. The molecule has 33 heavy (non-hydrogen) atoms. The molecule has 7 heteroatoms. The summed E-state index contributed by atoms with van der Waals surface area (Å²) in [5, 5.41) is 2.85. The highest BCUT2D eigenvalue weighted by Crippen LogP contribution is 2.49. The molecule has 1 aromatic carbocycles. The number of hydrogen-bond donors (Lipinski definition) is 3. The molecule has 0 saturated heterocycles. The number of rotatable bonds is 4. The standard InChI is InChI=1S/C26H31N3O4/c1-6-17-12-20(24(30)28-13-21-14(2)11-15(3)29-25(21)31)16(4)22-23(17)33-26(5,32-22)18-7-9-19(27)10-8-18/h1,11-12,18-19H,7-10,13,27H2,2-5H3,(H,28,30)(H,29,31). The van der Waals surface area contributed by atoms with E-state index in [9.17, 15) is 9.59 Å². The summed E-state index contributed by atoms with van der Waals surface area (Å²) in [5.74, 6) is 2.67. The monoisotopic (exact) mass is 449 g/mol. The maximum atomic E-state index is 13.1. The molecule has 7 nitrogen and oxygen atoms in total. The number of aryl methyl sites for hydroxylation is 2. The number of carbonyl (C=O) groups excluding carboxylic acids is 1. The van der Waals surface area contributed by atoms with Crippen molar-refractivity contribution in [3.05, 3.63) is 56.0 Å². The summed E-state index contributed by atoms with van der Waals surface area (Å²) in [7, 11) is 0. The van der Waals surface area contributed by atoms with E-state index >= 15 is 0 Å². The highest BCUT2D eigenvalue weighted by molar-refractivity contribution is 5.97. The van der Waals surface area contributed by atoms with Gasteiger partial charge in [-0.1, -0.05) is 5.92 Å². The third-order valence-corrected chi connectivity index (χ3v) is 6.93. The average molecular weight is 450 g/mol. The van der Waals surface area contributed by atoms with Crippen molar-refractivity contribution in [1.82, 2.24) is 10.3 Å². The first kappa shape index (κ1) is 22.9. The van der Waals surface area contributed by atoms with Crippen LogP contribution in [-0.4, -0.2) is 22.7 Å². The molecular formula is C26H31N3O4. The molecule has 1 unspecified atom stereocenters. The largest absolute Gasteiger partial charge is 0.448 e. The highest BCUT2D eigenvalue weighted by Gasteiger charge is 2.47. The summed E-state index contributed by atoms with van der Waals surface area (Å²) in [4.78, 5) is 28.2. The lowest BCUT2D eigenvalue weighted by atomic mass is 9.81. The number of hydrogen-bond acceptors (Lipinski definition) is 5. The van der Waals surface area contributed by atoms with Crippen molar-refractivity contribution < 1.29 is 14.3 Å². The van der Waals surface area contributed by atoms with E-state index < -0.39 is 5.79 Å². The number of nitrogens with one attached hydrogen (secondary N) is 2. The van der Waals surface area contributed by atoms with Crippen LogP contribution in [0.5, 0.6) is 11.5 Å². The zero-order chi connectivity index (χ0) is 23.9.